The molecule has 0 spiro atoms. The largest absolute Gasteiger partial charge is 0.496 e. The summed E-state index contributed by atoms with van der Waals surface area (Å²) in [6.07, 6.45) is 3.92. The molecule has 0 aromatic heterocycles. The molecule has 0 aliphatic rings. The van der Waals surface area contributed by atoms with Gasteiger partial charge < -0.3 is 28.4 Å². The van der Waals surface area contributed by atoms with Crippen molar-refractivity contribution in [3.63, 3.8) is 0 Å². The Balaban J connectivity index is 2.27. The fourth-order valence-electron chi connectivity index (χ4n) is 3.04. The highest BCUT2D eigenvalue weighted by Crippen LogP contribution is 2.36. The maximum atomic E-state index is 12.6. The Labute approximate surface area is 199 Å². The highest BCUT2D eigenvalue weighted by atomic mass is 32.2. The lowest BCUT2D eigenvalue weighted by Crippen LogP contribution is -2.11. The van der Waals surface area contributed by atoms with Gasteiger partial charge in [0.2, 0.25) is 0 Å². The van der Waals surface area contributed by atoms with Gasteiger partial charge in [-0.3, -0.25) is 4.79 Å². The highest BCUT2D eigenvalue weighted by Gasteiger charge is 2.16. The van der Waals surface area contributed by atoms with Gasteiger partial charge in [0.1, 0.15) is 40.2 Å². The van der Waals surface area contributed by atoms with Crippen molar-refractivity contribution >= 4 is 27.8 Å². The smallest absolute Gasteiger partial charge is 0.179 e. The standard InChI is InChI=1S/C24H28O9S/c1-28-17-11-21(30-3)19(22(12-17)31-4)8-7-16(25)15-34(26,27)10-9-20-23(32-5)13-18(29-2)14-24(20)33-6/h7-14H,15H2,1-6H3/b8-7?,10-9+. The zero-order valence-electron chi connectivity index (χ0n) is 19.9. The van der Waals surface area contributed by atoms with E-state index < -0.39 is 21.4 Å². The Bertz CT molecular complexity index is 1130. The van der Waals surface area contributed by atoms with Gasteiger partial charge in [0.15, 0.2) is 15.6 Å². The number of hydrogen-bond donors (Lipinski definition) is 0. The summed E-state index contributed by atoms with van der Waals surface area (Å²) in [5.41, 5.74) is 0.866. The summed E-state index contributed by atoms with van der Waals surface area (Å²) in [4.78, 5) is 12.4. The van der Waals surface area contributed by atoms with Crippen LogP contribution in [0.15, 0.2) is 35.7 Å². The Morgan fingerprint density at radius 1 is 0.676 bits per heavy atom. The number of methoxy groups -OCH3 is 6. The van der Waals surface area contributed by atoms with Gasteiger partial charge in [0.25, 0.3) is 0 Å². The lowest BCUT2D eigenvalue weighted by atomic mass is 10.1. The molecule has 0 heterocycles. The molecule has 0 fully saturated rings. The van der Waals surface area contributed by atoms with Crippen molar-refractivity contribution in [3.8, 4) is 34.5 Å². The molecule has 9 nitrogen and oxygen atoms in total. The molecule has 2 aromatic rings. The van der Waals surface area contributed by atoms with E-state index in [1.54, 1.807) is 24.3 Å². The van der Waals surface area contributed by atoms with Crippen LogP contribution in [0.5, 0.6) is 34.5 Å². The number of ketones is 1. The molecule has 0 atom stereocenters. The third-order valence-electron chi connectivity index (χ3n) is 4.73. The monoisotopic (exact) mass is 492 g/mol. The number of allylic oxidation sites excluding steroid dienone is 1. The number of hydrogen-bond acceptors (Lipinski definition) is 9. The molecule has 184 valence electrons. The van der Waals surface area contributed by atoms with Crippen LogP contribution in [0.25, 0.3) is 12.2 Å². The van der Waals surface area contributed by atoms with E-state index in [1.165, 1.54) is 54.8 Å². The number of carbonyl (C=O) groups is 1. The van der Waals surface area contributed by atoms with Gasteiger partial charge in [-0.25, -0.2) is 8.42 Å². The second kappa shape index (κ2) is 12.0. The lowest BCUT2D eigenvalue weighted by Gasteiger charge is -2.12. The van der Waals surface area contributed by atoms with Gasteiger partial charge in [-0.1, -0.05) is 0 Å². The van der Waals surface area contributed by atoms with Crippen LogP contribution in [0, 0.1) is 0 Å². The van der Waals surface area contributed by atoms with E-state index in [0.717, 1.165) is 11.5 Å². The van der Waals surface area contributed by atoms with E-state index in [4.69, 9.17) is 28.4 Å². The third-order valence-corrected chi connectivity index (χ3v) is 5.97. The van der Waals surface area contributed by atoms with Crippen LogP contribution in [0.3, 0.4) is 0 Å². The third kappa shape index (κ3) is 6.67. The first kappa shape index (κ1) is 26.6. The van der Waals surface area contributed by atoms with E-state index >= 15 is 0 Å². The fourth-order valence-corrected chi connectivity index (χ4v) is 3.97. The second-order valence-corrected chi connectivity index (χ2v) is 8.69. The van der Waals surface area contributed by atoms with Crippen molar-refractivity contribution in [1.82, 2.24) is 0 Å². The molecule has 0 aliphatic carbocycles. The summed E-state index contributed by atoms with van der Waals surface area (Å²) in [5.74, 6) is 1.15. The molecule has 10 heteroatoms. The maximum absolute atomic E-state index is 12.6. The van der Waals surface area contributed by atoms with Crippen LogP contribution in [0.1, 0.15) is 11.1 Å². The molecule has 2 rings (SSSR count). The number of ether oxygens (including phenoxy) is 6. The number of benzene rings is 2. The van der Waals surface area contributed by atoms with Crippen LogP contribution < -0.4 is 28.4 Å². The molecule has 0 bridgehead atoms. The van der Waals surface area contributed by atoms with Gasteiger partial charge in [-0.2, -0.15) is 0 Å². The zero-order chi connectivity index (χ0) is 25.3. The van der Waals surface area contributed by atoms with Crippen molar-refractivity contribution in [2.24, 2.45) is 0 Å². The normalized spacial score (nSPS) is 11.5. The van der Waals surface area contributed by atoms with Crippen LogP contribution in [-0.4, -0.2) is 62.6 Å². The molecule has 0 saturated carbocycles. The van der Waals surface area contributed by atoms with Gasteiger partial charge >= 0.3 is 0 Å². The molecule has 0 aliphatic heterocycles. The van der Waals surface area contributed by atoms with Crippen LogP contribution in [0.4, 0.5) is 0 Å². The van der Waals surface area contributed by atoms with Gasteiger partial charge in [-0.15, -0.1) is 0 Å². The molecule has 34 heavy (non-hydrogen) atoms. The minimum atomic E-state index is -3.90. The molecule has 0 amide bonds. The first-order valence-corrected chi connectivity index (χ1v) is 11.6. The Hall–Kier alpha value is -3.66. The Morgan fingerprint density at radius 3 is 1.41 bits per heavy atom. The SMILES string of the molecule is COc1cc(OC)c(C=CC(=O)CS(=O)(=O)/C=C/c2c(OC)cc(OC)cc2OC)c(OC)c1. The van der Waals surface area contributed by atoms with E-state index in [0.29, 0.717) is 45.6 Å². The molecule has 2 aromatic carbocycles. The molecule has 0 radical (unpaired) electrons. The van der Waals surface area contributed by atoms with Crippen molar-refractivity contribution in [2.45, 2.75) is 0 Å². The predicted octanol–water partition coefficient (Wildman–Crippen LogP) is 3.41. The summed E-state index contributed by atoms with van der Waals surface area (Å²) in [5, 5.41) is 0.945. The number of carbonyl (C=O) groups excluding carboxylic acids is 1. The van der Waals surface area contributed by atoms with E-state index in [1.807, 2.05) is 0 Å². The van der Waals surface area contributed by atoms with Crippen molar-refractivity contribution in [3.05, 3.63) is 46.9 Å². The second-order valence-electron chi connectivity index (χ2n) is 6.80. The molecule has 0 unspecified atom stereocenters. The first-order valence-electron chi connectivity index (χ1n) is 9.93. The molecule has 0 saturated heterocycles. The van der Waals surface area contributed by atoms with Crippen LogP contribution >= 0.6 is 0 Å². The summed E-state index contributed by atoms with van der Waals surface area (Å²) < 4.78 is 56.8. The van der Waals surface area contributed by atoms with E-state index in [-0.39, 0.29) is 0 Å². The summed E-state index contributed by atoms with van der Waals surface area (Å²) in [6.45, 7) is 0. The van der Waals surface area contributed by atoms with Gasteiger partial charge in [0.05, 0.1) is 53.8 Å². The van der Waals surface area contributed by atoms with Crippen LogP contribution in [0.2, 0.25) is 0 Å². The summed E-state index contributed by atoms with van der Waals surface area (Å²) in [6, 6.07) is 6.44. The number of rotatable bonds is 12. The quantitative estimate of drug-likeness (QED) is 0.412. The Kier molecular flexibility index (Phi) is 9.37. The van der Waals surface area contributed by atoms with Crippen molar-refractivity contribution in [2.75, 3.05) is 48.4 Å². The lowest BCUT2D eigenvalue weighted by molar-refractivity contribution is -0.112. The molecular formula is C24H28O9S. The van der Waals surface area contributed by atoms with Gasteiger partial charge in [0, 0.05) is 29.7 Å². The van der Waals surface area contributed by atoms with Crippen molar-refractivity contribution in [1.29, 1.82) is 0 Å². The Morgan fingerprint density at radius 2 is 1.06 bits per heavy atom. The topological polar surface area (TPSA) is 107 Å². The maximum Gasteiger partial charge on any atom is 0.179 e. The van der Waals surface area contributed by atoms with Gasteiger partial charge in [-0.05, 0) is 18.2 Å². The molecular weight excluding hydrogens is 464 g/mol. The van der Waals surface area contributed by atoms with Crippen LogP contribution in [-0.2, 0) is 14.6 Å². The minimum Gasteiger partial charge on any atom is -0.496 e. The van der Waals surface area contributed by atoms with E-state index in [2.05, 4.69) is 0 Å². The molecule has 0 N–H and O–H groups in total. The first-order chi connectivity index (χ1) is 16.2. The average molecular weight is 493 g/mol. The summed E-state index contributed by atoms with van der Waals surface area (Å²) >= 11 is 0. The summed E-state index contributed by atoms with van der Waals surface area (Å²) in [7, 11) is 4.90. The zero-order valence-corrected chi connectivity index (χ0v) is 20.7. The average Bonchev–Trinajstić information content (AvgIpc) is 2.84. The predicted molar refractivity (Wildman–Crippen MR) is 129 cm³/mol. The number of sulfone groups is 1. The van der Waals surface area contributed by atoms with E-state index in [9.17, 15) is 13.2 Å². The fraction of sp³-hybridized carbons (Fsp3) is 0.292. The highest BCUT2D eigenvalue weighted by molar-refractivity contribution is 7.95. The minimum absolute atomic E-state index is 0.354. The van der Waals surface area contributed by atoms with Crippen molar-refractivity contribution < 1.29 is 41.6 Å².